The fourth-order valence-electron chi connectivity index (χ4n) is 13.4. The Morgan fingerprint density at radius 2 is 0.710 bits per heavy atom. The third-order valence-corrected chi connectivity index (χ3v) is 17.3. The van der Waals surface area contributed by atoms with Gasteiger partial charge in [-0.1, -0.05) is 114 Å². The number of nitrogens with zero attached hydrogens (tertiary/aromatic N) is 3. The zero-order valence-electron chi connectivity index (χ0n) is 48.4. The SMILES string of the molecule is [C-]#[N+]c1cc2c(cc1-c1cc(C)cc(C(F)(F)F)c1)-n1c3cc(-c4ccc(C)cc4C(F)(F)F)ccc3c3ccc(cc31)C(c1ccc(C)cc1C(F)(F)F)(c1ccc(C(F)(F)F)cc1C(F)(F)F)c1ccc3c4ccc(-c5ccc(C)cc5C(F)(F)F)cc4n-2c3c1. The first-order chi connectivity index (χ1) is 43.5. The Morgan fingerprint density at radius 3 is 1.15 bits per heavy atom. The summed E-state index contributed by atoms with van der Waals surface area (Å²) in [5.74, 6) is 0. The summed E-state index contributed by atoms with van der Waals surface area (Å²) in [4.78, 5) is 3.80. The monoisotopic (exact) mass is 1290 g/mol. The van der Waals surface area contributed by atoms with Crippen molar-refractivity contribution in [3.8, 4) is 44.8 Å². The van der Waals surface area contributed by atoms with Crippen molar-refractivity contribution >= 4 is 49.3 Å². The van der Waals surface area contributed by atoms with Gasteiger partial charge < -0.3 is 9.13 Å². The summed E-state index contributed by atoms with van der Waals surface area (Å²) in [7, 11) is 0. The highest BCUT2D eigenvalue weighted by Gasteiger charge is 2.51. The first kappa shape index (κ1) is 61.9. The number of hydrogen-bond donors (Lipinski definition) is 0. The lowest BCUT2D eigenvalue weighted by Gasteiger charge is -2.40. The van der Waals surface area contributed by atoms with Crippen LogP contribution in [-0.4, -0.2) is 9.13 Å². The molecule has 0 fully saturated rings. The number of alkyl halides is 18. The Hall–Kier alpha value is -9.97. The van der Waals surface area contributed by atoms with Crippen molar-refractivity contribution in [2.75, 3.05) is 0 Å². The van der Waals surface area contributed by atoms with Gasteiger partial charge >= 0.3 is 37.1 Å². The van der Waals surface area contributed by atoms with Crippen LogP contribution in [0.2, 0.25) is 0 Å². The first-order valence-corrected chi connectivity index (χ1v) is 28.2. The van der Waals surface area contributed by atoms with Crippen molar-refractivity contribution in [3.63, 3.8) is 0 Å². The zero-order valence-corrected chi connectivity index (χ0v) is 48.4. The predicted octanol–water partition coefficient (Wildman–Crippen LogP) is 23.5. The molecule has 0 amide bonds. The van der Waals surface area contributed by atoms with E-state index in [9.17, 15) is 26.3 Å². The Kier molecular flexibility index (Phi) is 13.8. The summed E-state index contributed by atoms with van der Waals surface area (Å²) in [5.41, 5.74) is -16.8. The molecule has 2 aromatic heterocycles. The van der Waals surface area contributed by atoms with Gasteiger partial charge in [-0.2, -0.15) is 79.0 Å². The molecule has 470 valence electrons. The molecule has 0 radical (unpaired) electrons. The van der Waals surface area contributed by atoms with Gasteiger partial charge in [-0.15, -0.1) is 0 Å². The molecule has 0 N–H and O–H groups in total. The maximum atomic E-state index is 16.3. The highest BCUT2D eigenvalue weighted by atomic mass is 19.4. The van der Waals surface area contributed by atoms with Gasteiger partial charge in [-0.25, -0.2) is 4.85 Å². The summed E-state index contributed by atoms with van der Waals surface area (Å²) < 4.78 is 281. The van der Waals surface area contributed by atoms with E-state index in [2.05, 4.69) is 4.85 Å². The lowest BCUT2D eigenvalue weighted by Crippen LogP contribution is -2.36. The molecule has 1 unspecified atom stereocenters. The molecule has 3 nitrogen and oxygen atoms in total. The van der Waals surface area contributed by atoms with Crippen LogP contribution >= 0.6 is 0 Å². The molecular formula is C72H41F18N3. The molecule has 13 rings (SSSR count). The van der Waals surface area contributed by atoms with Crippen molar-refractivity contribution < 1.29 is 79.0 Å². The Balaban J connectivity index is 1.32. The molecule has 1 atom stereocenters. The van der Waals surface area contributed by atoms with Crippen LogP contribution < -0.4 is 0 Å². The molecule has 10 aromatic carbocycles. The average molecular weight is 1290 g/mol. The molecule has 0 saturated carbocycles. The van der Waals surface area contributed by atoms with Crippen LogP contribution in [0.5, 0.6) is 0 Å². The smallest absolute Gasteiger partial charge is 0.308 e. The minimum atomic E-state index is -5.79. The Bertz CT molecular complexity index is 5190. The van der Waals surface area contributed by atoms with Crippen LogP contribution in [0.3, 0.4) is 0 Å². The van der Waals surface area contributed by atoms with Crippen LogP contribution in [0.25, 0.3) is 93.2 Å². The molecule has 0 saturated heterocycles. The van der Waals surface area contributed by atoms with Crippen molar-refractivity contribution in [1.82, 2.24) is 9.13 Å². The summed E-state index contributed by atoms with van der Waals surface area (Å²) >= 11 is 0. The van der Waals surface area contributed by atoms with Crippen LogP contribution in [-0.2, 0) is 42.5 Å². The molecule has 1 aliphatic heterocycles. The number of rotatable bonds is 5. The van der Waals surface area contributed by atoms with E-state index in [1.54, 1.807) is 0 Å². The fraction of sp³-hybridized carbons (Fsp3) is 0.153. The van der Waals surface area contributed by atoms with Gasteiger partial charge in [0.05, 0.1) is 78.8 Å². The van der Waals surface area contributed by atoms with E-state index in [1.807, 2.05) is 0 Å². The second kappa shape index (κ2) is 20.8. The molecular weight excluding hydrogens is 1250 g/mol. The van der Waals surface area contributed by atoms with E-state index in [-0.39, 0.29) is 122 Å². The van der Waals surface area contributed by atoms with E-state index >= 15 is 52.7 Å². The molecule has 0 spiro atoms. The van der Waals surface area contributed by atoms with Crippen LogP contribution in [0.4, 0.5) is 84.7 Å². The minimum Gasteiger partial charge on any atom is -0.308 e. The number of aryl methyl sites for hydroxylation is 4. The van der Waals surface area contributed by atoms with Gasteiger partial charge in [-0.3, -0.25) is 0 Å². The third kappa shape index (κ3) is 10.1. The van der Waals surface area contributed by atoms with Gasteiger partial charge in [0.2, 0.25) is 0 Å². The van der Waals surface area contributed by atoms with E-state index < -0.39 is 98.1 Å². The highest BCUT2D eigenvalue weighted by Crippen LogP contribution is 2.57. The largest absolute Gasteiger partial charge is 0.417 e. The lowest BCUT2D eigenvalue weighted by atomic mass is 9.62. The van der Waals surface area contributed by atoms with Gasteiger partial charge in [0.25, 0.3) is 0 Å². The summed E-state index contributed by atoms with van der Waals surface area (Å²) in [6, 6.07) is 31.3. The minimum absolute atomic E-state index is 0.0376. The average Bonchev–Trinajstić information content (AvgIpc) is 1.66. The first-order valence-electron chi connectivity index (χ1n) is 28.2. The highest BCUT2D eigenvalue weighted by molar-refractivity contribution is 6.14. The summed E-state index contributed by atoms with van der Waals surface area (Å²) in [6.07, 6.45) is -31.6. The molecule has 21 heteroatoms. The van der Waals surface area contributed by atoms with E-state index in [0.717, 1.165) is 30.3 Å². The Labute approximate surface area is 515 Å². The number of aromatic nitrogens is 2. The maximum Gasteiger partial charge on any atom is 0.417 e. The van der Waals surface area contributed by atoms with Crippen molar-refractivity contribution in [2.24, 2.45) is 0 Å². The predicted molar refractivity (Wildman–Crippen MR) is 319 cm³/mol. The third-order valence-electron chi connectivity index (χ3n) is 17.3. The molecule has 1 aliphatic rings. The summed E-state index contributed by atoms with van der Waals surface area (Å²) in [5, 5.41) is 0.527. The number of fused-ring (bicyclic) bond motifs is 11. The van der Waals surface area contributed by atoms with E-state index in [0.29, 0.717) is 18.2 Å². The fourth-order valence-corrected chi connectivity index (χ4v) is 13.4. The molecule has 4 bridgehead atoms. The van der Waals surface area contributed by atoms with Crippen LogP contribution in [0.15, 0.2) is 176 Å². The van der Waals surface area contributed by atoms with Crippen molar-refractivity contribution in [1.29, 1.82) is 0 Å². The van der Waals surface area contributed by atoms with E-state index in [4.69, 9.17) is 6.57 Å². The second-order valence-corrected chi connectivity index (χ2v) is 23.3. The van der Waals surface area contributed by atoms with Crippen LogP contribution in [0.1, 0.15) is 77.9 Å². The maximum absolute atomic E-state index is 16.3. The lowest BCUT2D eigenvalue weighted by molar-refractivity contribution is -0.144. The summed E-state index contributed by atoms with van der Waals surface area (Å²) in [6.45, 7) is 14.2. The van der Waals surface area contributed by atoms with Gasteiger partial charge in [0.1, 0.15) is 0 Å². The number of hydrogen-bond acceptors (Lipinski definition) is 0. The molecule has 12 aromatic rings. The quantitative estimate of drug-likeness (QED) is 0.120. The van der Waals surface area contributed by atoms with Gasteiger partial charge in [0.15, 0.2) is 5.69 Å². The van der Waals surface area contributed by atoms with E-state index in [1.165, 1.54) is 158 Å². The van der Waals surface area contributed by atoms with Crippen LogP contribution in [0, 0.1) is 34.3 Å². The molecule has 93 heavy (non-hydrogen) atoms. The normalized spacial score (nSPS) is 14.8. The number of halogens is 18. The standard InChI is InChI=1S/C72H41F18N3/c1-35-6-14-46(55(24-35)69(79,80)81)39-9-16-48-50-18-11-42-31-62(50)92(60(48)28-39)64-33-52(41-22-38(4)23-45(27-41)68(76,77)78)59(91-5)34-65(64)93-61-29-40(47-15-7-36(2)25-56(47)70(82,83)84)10-17-49(61)51-19-12-43(32-63(51)93)66(42,53-20-8-37(3)26-57(53)71(85,86)87)54-21-13-44(67(73,74)75)30-58(54)72(88,89)90/h6-34H,1-4H3. The second-order valence-electron chi connectivity index (χ2n) is 23.3. The van der Waals surface area contributed by atoms with Gasteiger partial charge in [0, 0.05) is 21.5 Å². The van der Waals surface area contributed by atoms with Crippen molar-refractivity contribution in [2.45, 2.75) is 70.2 Å². The molecule has 3 heterocycles. The van der Waals surface area contributed by atoms with Gasteiger partial charge in [-0.05, 0) is 168 Å². The molecule has 0 aliphatic carbocycles. The topological polar surface area (TPSA) is 14.2 Å². The van der Waals surface area contributed by atoms with Crippen molar-refractivity contribution in [3.05, 3.63) is 265 Å². The number of benzene rings is 10. The Morgan fingerprint density at radius 1 is 0.312 bits per heavy atom. The zero-order chi connectivity index (χ0) is 66.8.